The predicted octanol–water partition coefficient (Wildman–Crippen LogP) is 3.06. The molecule has 0 saturated heterocycles. The third-order valence-corrected chi connectivity index (χ3v) is 3.77. The molecule has 1 amide bonds. The highest BCUT2D eigenvalue weighted by Gasteiger charge is 2.13. The Morgan fingerprint density at radius 2 is 1.50 bits per heavy atom. The minimum absolute atomic E-state index is 0.0883. The molecule has 22 heavy (non-hydrogen) atoms. The molecule has 0 fully saturated rings. The van der Waals surface area contributed by atoms with Crippen LogP contribution in [0.1, 0.15) is 36.3 Å². The van der Waals surface area contributed by atoms with E-state index in [1.807, 2.05) is 12.1 Å². The summed E-state index contributed by atoms with van der Waals surface area (Å²) in [7, 11) is 0. The lowest BCUT2D eigenvalue weighted by Crippen LogP contribution is -2.26. The summed E-state index contributed by atoms with van der Waals surface area (Å²) in [4.78, 5) is 11.7. The van der Waals surface area contributed by atoms with Crippen molar-refractivity contribution in [1.82, 2.24) is 5.32 Å². The van der Waals surface area contributed by atoms with E-state index in [4.69, 9.17) is 5.73 Å². The quantitative estimate of drug-likeness (QED) is 0.786. The molecule has 3 nitrogen and oxygen atoms in total. The van der Waals surface area contributed by atoms with Crippen molar-refractivity contribution in [2.24, 2.45) is 5.73 Å². The van der Waals surface area contributed by atoms with Crippen LogP contribution in [0.2, 0.25) is 0 Å². The molecule has 0 aliphatic carbocycles. The van der Waals surface area contributed by atoms with Crippen molar-refractivity contribution in [3.63, 3.8) is 0 Å². The van der Waals surface area contributed by atoms with Crippen LogP contribution in [0.4, 0.5) is 0 Å². The van der Waals surface area contributed by atoms with Crippen molar-refractivity contribution >= 4 is 5.91 Å². The number of hydrogen-bond acceptors (Lipinski definition) is 2. The van der Waals surface area contributed by atoms with Gasteiger partial charge in [0.1, 0.15) is 0 Å². The lowest BCUT2D eigenvalue weighted by Gasteiger charge is -2.18. The van der Waals surface area contributed by atoms with Gasteiger partial charge in [-0.2, -0.15) is 0 Å². The van der Waals surface area contributed by atoms with Crippen molar-refractivity contribution in [1.29, 1.82) is 0 Å². The van der Waals surface area contributed by atoms with Crippen molar-refractivity contribution in [2.45, 2.75) is 25.2 Å². The van der Waals surface area contributed by atoms with Gasteiger partial charge in [-0.3, -0.25) is 4.79 Å². The molecule has 0 aromatic heterocycles. The zero-order valence-electron chi connectivity index (χ0n) is 12.9. The number of nitrogens with two attached hydrogens (primary N) is 1. The molecule has 0 bridgehead atoms. The normalized spacial score (nSPS) is 10.6. The Morgan fingerprint density at radius 3 is 2.00 bits per heavy atom. The Bertz CT molecular complexity index is 515. The number of amides is 1. The maximum Gasteiger partial charge on any atom is 0.220 e. The molecule has 3 N–H and O–H groups in total. The number of carbonyl (C=O) groups is 1. The maximum absolute atomic E-state index is 11.7. The van der Waals surface area contributed by atoms with Crippen LogP contribution in [0.5, 0.6) is 0 Å². The molecule has 0 atom stereocenters. The molecule has 0 radical (unpaired) electrons. The highest BCUT2D eigenvalue weighted by Crippen LogP contribution is 2.27. The van der Waals surface area contributed by atoms with Crippen molar-refractivity contribution in [2.75, 3.05) is 13.1 Å². The van der Waals surface area contributed by atoms with E-state index >= 15 is 0 Å². The number of nitrogens with one attached hydrogen (secondary N) is 1. The van der Waals surface area contributed by atoms with E-state index in [9.17, 15) is 4.79 Å². The first-order chi connectivity index (χ1) is 10.8. The van der Waals surface area contributed by atoms with Crippen molar-refractivity contribution < 1.29 is 4.79 Å². The summed E-state index contributed by atoms with van der Waals surface area (Å²) in [6.07, 6.45) is 2.15. The first-order valence-electron chi connectivity index (χ1n) is 7.88. The van der Waals surface area contributed by atoms with Gasteiger partial charge in [-0.05, 0) is 30.5 Å². The van der Waals surface area contributed by atoms with Crippen molar-refractivity contribution in [3.8, 4) is 0 Å². The Morgan fingerprint density at radius 1 is 0.955 bits per heavy atom. The molecule has 116 valence electrons. The lowest BCUT2D eigenvalue weighted by atomic mass is 9.88. The Labute approximate surface area is 132 Å². The van der Waals surface area contributed by atoms with Gasteiger partial charge in [-0.1, -0.05) is 60.7 Å². The van der Waals surface area contributed by atoms with E-state index in [0.717, 1.165) is 12.8 Å². The molecule has 0 heterocycles. The second kappa shape index (κ2) is 9.00. The first kappa shape index (κ1) is 16.2. The molecule has 0 spiro atoms. The fraction of sp³-hybridized carbons (Fsp3) is 0.316. The molecule has 3 heteroatoms. The van der Waals surface area contributed by atoms with Gasteiger partial charge in [0.15, 0.2) is 0 Å². The Kier molecular flexibility index (Phi) is 6.65. The molecule has 0 aliphatic heterocycles. The van der Waals surface area contributed by atoms with Crippen LogP contribution in [0.25, 0.3) is 0 Å². The van der Waals surface area contributed by atoms with Gasteiger partial charge in [0, 0.05) is 18.9 Å². The van der Waals surface area contributed by atoms with Crippen LogP contribution in [-0.2, 0) is 4.79 Å². The summed E-state index contributed by atoms with van der Waals surface area (Å²) in [6.45, 7) is 1.24. The number of hydrogen-bond donors (Lipinski definition) is 2. The highest BCUT2D eigenvalue weighted by atomic mass is 16.1. The molecule has 0 saturated carbocycles. The van der Waals surface area contributed by atoms with E-state index in [0.29, 0.717) is 25.4 Å². The van der Waals surface area contributed by atoms with Crippen LogP contribution in [-0.4, -0.2) is 19.0 Å². The summed E-state index contributed by atoms with van der Waals surface area (Å²) < 4.78 is 0. The van der Waals surface area contributed by atoms with Gasteiger partial charge in [-0.25, -0.2) is 0 Å². The summed E-state index contributed by atoms with van der Waals surface area (Å²) in [5, 5.41) is 2.99. The SMILES string of the molecule is NCCCC(=O)NCCC(c1ccccc1)c1ccccc1. The second-order valence-corrected chi connectivity index (χ2v) is 5.40. The van der Waals surface area contributed by atoms with Crippen LogP contribution >= 0.6 is 0 Å². The van der Waals surface area contributed by atoms with Crippen LogP contribution in [0, 0.1) is 0 Å². The molecule has 2 aromatic carbocycles. The molecular weight excluding hydrogens is 272 g/mol. The summed E-state index contributed by atoms with van der Waals surface area (Å²) in [5.41, 5.74) is 7.99. The number of benzene rings is 2. The molecule has 2 aromatic rings. The minimum Gasteiger partial charge on any atom is -0.356 e. The zero-order chi connectivity index (χ0) is 15.6. The molecule has 2 rings (SSSR count). The largest absolute Gasteiger partial charge is 0.356 e. The highest BCUT2D eigenvalue weighted by molar-refractivity contribution is 5.75. The molecule has 0 unspecified atom stereocenters. The van der Waals surface area contributed by atoms with E-state index in [1.165, 1.54) is 11.1 Å². The summed E-state index contributed by atoms with van der Waals surface area (Å²) >= 11 is 0. The van der Waals surface area contributed by atoms with Crippen molar-refractivity contribution in [3.05, 3.63) is 71.8 Å². The van der Waals surface area contributed by atoms with Gasteiger partial charge in [-0.15, -0.1) is 0 Å². The standard InChI is InChI=1S/C19H24N2O/c20-14-7-12-19(22)21-15-13-18(16-8-3-1-4-9-16)17-10-5-2-6-11-17/h1-6,8-11,18H,7,12-15,20H2,(H,21,22). The third kappa shape index (κ3) is 5.01. The average molecular weight is 296 g/mol. The third-order valence-electron chi connectivity index (χ3n) is 3.77. The maximum atomic E-state index is 11.7. The van der Waals surface area contributed by atoms with Gasteiger partial charge < -0.3 is 11.1 Å². The fourth-order valence-electron chi connectivity index (χ4n) is 2.60. The van der Waals surface area contributed by atoms with E-state index in [2.05, 4.69) is 53.8 Å². The van der Waals surface area contributed by atoms with Gasteiger partial charge in [0.05, 0.1) is 0 Å². The van der Waals surface area contributed by atoms with E-state index in [1.54, 1.807) is 0 Å². The molecule has 0 aliphatic rings. The first-order valence-corrected chi connectivity index (χ1v) is 7.88. The number of carbonyl (C=O) groups excluding carboxylic acids is 1. The Balaban J connectivity index is 1.99. The number of rotatable bonds is 8. The van der Waals surface area contributed by atoms with Gasteiger partial charge >= 0.3 is 0 Å². The second-order valence-electron chi connectivity index (χ2n) is 5.40. The Hall–Kier alpha value is -2.13. The smallest absolute Gasteiger partial charge is 0.220 e. The fourth-order valence-corrected chi connectivity index (χ4v) is 2.60. The van der Waals surface area contributed by atoms with Crippen LogP contribution in [0.15, 0.2) is 60.7 Å². The van der Waals surface area contributed by atoms with E-state index < -0.39 is 0 Å². The molecular formula is C19H24N2O. The topological polar surface area (TPSA) is 55.1 Å². The van der Waals surface area contributed by atoms with Crippen LogP contribution in [0.3, 0.4) is 0 Å². The lowest BCUT2D eigenvalue weighted by molar-refractivity contribution is -0.121. The van der Waals surface area contributed by atoms with Gasteiger partial charge in [0.25, 0.3) is 0 Å². The van der Waals surface area contributed by atoms with Gasteiger partial charge in [0.2, 0.25) is 5.91 Å². The minimum atomic E-state index is 0.0883. The predicted molar refractivity (Wildman–Crippen MR) is 90.6 cm³/mol. The zero-order valence-corrected chi connectivity index (χ0v) is 12.9. The monoisotopic (exact) mass is 296 g/mol. The average Bonchev–Trinajstić information content (AvgIpc) is 2.58. The van der Waals surface area contributed by atoms with Crippen LogP contribution < -0.4 is 11.1 Å². The van der Waals surface area contributed by atoms with E-state index in [-0.39, 0.29) is 5.91 Å². The summed E-state index contributed by atoms with van der Waals surface area (Å²) in [6, 6.07) is 20.9. The summed E-state index contributed by atoms with van der Waals surface area (Å²) in [5.74, 6) is 0.391.